The highest BCUT2D eigenvalue weighted by atomic mass is 79.9. The van der Waals surface area contributed by atoms with Gasteiger partial charge in [-0.1, -0.05) is 39.7 Å². The Kier molecular flexibility index (Phi) is 6.63. The van der Waals surface area contributed by atoms with Gasteiger partial charge in [0.15, 0.2) is 6.10 Å². The molecule has 0 heterocycles. The lowest BCUT2D eigenvalue weighted by atomic mass is 10.2. The third-order valence-corrected chi connectivity index (χ3v) is 3.89. The van der Waals surface area contributed by atoms with E-state index in [2.05, 4.69) is 26.6 Å². The van der Waals surface area contributed by atoms with Crippen LogP contribution >= 0.6 is 27.5 Å². The van der Waals surface area contributed by atoms with Crippen molar-refractivity contribution in [1.82, 2.24) is 0 Å². The third kappa shape index (κ3) is 5.25. The number of hydrogen-bond donors (Lipinski definition) is 2. The van der Waals surface area contributed by atoms with E-state index in [0.717, 1.165) is 0 Å². The molecule has 2 amide bonds. The first-order valence-corrected chi connectivity index (χ1v) is 8.67. The zero-order valence-corrected chi connectivity index (χ0v) is 15.2. The average molecular weight is 412 g/mol. The molecule has 0 saturated carbocycles. The van der Waals surface area contributed by atoms with Gasteiger partial charge < -0.3 is 15.4 Å². The molecule has 5 nitrogen and oxygen atoms in total. The van der Waals surface area contributed by atoms with Gasteiger partial charge in [-0.3, -0.25) is 9.59 Å². The van der Waals surface area contributed by atoms with Gasteiger partial charge in [-0.15, -0.1) is 0 Å². The van der Waals surface area contributed by atoms with Crippen molar-refractivity contribution in [2.45, 2.75) is 13.0 Å². The molecule has 1 atom stereocenters. The molecule has 0 aliphatic rings. The Morgan fingerprint density at radius 3 is 2.25 bits per heavy atom. The van der Waals surface area contributed by atoms with E-state index >= 15 is 0 Å². The van der Waals surface area contributed by atoms with Gasteiger partial charge >= 0.3 is 0 Å². The number of anilines is 2. The molecule has 24 heavy (non-hydrogen) atoms. The van der Waals surface area contributed by atoms with Crippen LogP contribution in [0, 0.1) is 0 Å². The summed E-state index contributed by atoms with van der Waals surface area (Å²) in [5.41, 5.74) is 1.25. The van der Waals surface area contributed by atoms with Gasteiger partial charge in [0.05, 0.1) is 10.4 Å². The van der Waals surface area contributed by atoms with Gasteiger partial charge in [-0.25, -0.2) is 0 Å². The number of amides is 2. The quantitative estimate of drug-likeness (QED) is 0.704. The normalized spacial score (nSPS) is 11.5. The molecule has 2 N–H and O–H groups in total. The van der Waals surface area contributed by atoms with Crippen LogP contribution in [-0.4, -0.2) is 23.2 Å². The highest BCUT2D eigenvalue weighted by Crippen LogP contribution is 2.24. The van der Waals surface area contributed by atoms with Crippen molar-refractivity contribution < 1.29 is 14.3 Å². The Morgan fingerprint density at radius 2 is 1.67 bits per heavy atom. The van der Waals surface area contributed by atoms with Crippen molar-refractivity contribution in [3.63, 3.8) is 0 Å². The highest BCUT2D eigenvalue weighted by Gasteiger charge is 2.16. The van der Waals surface area contributed by atoms with Gasteiger partial charge in [0.2, 0.25) is 5.91 Å². The van der Waals surface area contributed by atoms with Gasteiger partial charge in [-0.2, -0.15) is 0 Å². The highest BCUT2D eigenvalue weighted by molar-refractivity contribution is 9.09. The Labute approximate surface area is 153 Å². The molecule has 0 aliphatic heterocycles. The monoisotopic (exact) mass is 410 g/mol. The first kappa shape index (κ1) is 18.3. The van der Waals surface area contributed by atoms with Gasteiger partial charge in [0.1, 0.15) is 5.75 Å². The molecule has 2 aromatic carbocycles. The minimum atomic E-state index is -0.710. The first-order valence-electron chi connectivity index (χ1n) is 7.17. The second-order valence-corrected chi connectivity index (χ2v) is 5.91. The number of halogens is 2. The standard InChI is InChI=1S/C17H16BrClN2O3/c1-11(24-15-5-3-2-4-14(15)19)17(23)21-13-8-6-12(7-9-13)20-16(22)10-18/h2-9,11H,10H2,1H3,(H,20,22)(H,21,23)/t11-/m0/s1. The molecule has 2 rings (SSSR count). The van der Waals surface area contributed by atoms with Gasteiger partial charge in [0.25, 0.3) is 5.91 Å². The average Bonchev–Trinajstić information content (AvgIpc) is 2.58. The number of benzene rings is 2. The van der Waals surface area contributed by atoms with E-state index < -0.39 is 6.10 Å². The minimum absolute atomic E-state index is 0.145. The molecule has 0 aromatic heterocycles. The lowest BCUT2D eigenvalue weighted by Gasteiger charge is -2.15. The van der Waals surface area contributed by atoms with Crippen LogP contribution in [0.2, 0.25) is 5.02 Å². The zero-order valence-electron chi connectivity index (χ0n) is 12.9. The molecule has 0 unspecified atom stereocenters. The molecular weight excluding hydrogens is 396 g/mol. The van der Waals surface area contributed by atoms with E-state index in [1.54, 1.807) is 55.5 Å². The predicted octanol–water partition coefficient (Wildman–Crippen LogP) is 4.08. The summed E-state index contributed by atoms with van der Waals surface area (Å²) in [5, 5.41) is 6.12. The fraction of sp³-hybridized carbons (Fsp3) is 0.176. The summed E-state index contributed by atoms with van der Waals surface area (Å²) in [7, 11) is 0. The molecule has 0 bridgehead atoms. The van der Waals surface area contributed by atoms with Crippen molar-refractivity contribution in [2.75, 3.05) is 16.0 Å². The Bertz CT molecular complexity index is 722. The second kappa shape index (κ2) is 8.70. The number of para-hydroxylation sites is 1. The van der Waals surface area contributed by atoms with Crippen molar-refractivity contribution in [3.05, 3.63) is 53.6 Å². The number of carbonyl (C=O) groups excluding carboxylic acids is 2. The Balaban J connectivity index is 1.94. The maximum absolute atomic E-state index is 12.2. The van der Waals surface area contributed by atoms with Crippen molar-refractivity contribution >= 4 is 50.7 Å². The first-order chi connectivity index (χ1) is 11.5. The summed E-state index contributed by atoms with van der Waals surface area (Å²) >= 11 is 9.08. The fourth-order valence-corrected chi connectivity index (χ4v) is 2.18. The van der Waals surface area contributed by atoms with Gasteiger partial charge in [0, 0.05) is 11.4 Å². The topological polar surface area (TPSA) is 67.4 Å². The molecule has 0 saturated heterocycles. The fourth-order valence-electron chi connectivity index (χ4n) is 1.86. The number of carbonyl (C=O) groups is 2. The number of rotatable bonds is 6. The summed E-state index contributed by atoms with van der Waals surface area (Å²) in [6.45, 7) is 1.64. The summed E-state index contributed by atoms with van der Waals surface area (Å²) in [6, 6.07) is 13.8. The molecule has 0 aliphatic carbocycles. The lowest BCUT2D eigenvalue weighted by Crippen LogP contribution is -2.30. The third-order valence-electron chi connectivity index (χ3n) is 3.07. The van der Waals surface area contributed by atoms with Crippen LogP contribution in [0.3, 0.4) is 0 Å². The van der Waals surface area contributed by atoms with E-state index in [0.29, 0.717) is 22.1 Å². The van der Waals surface area contributed by atoms with Crippen molar-refractivity contribution in [3.8, 4) is 5.75 Å². The molecule has 0 fully saturated rings. The molecule has 126 valence electrons. The van der Waals surface area contributed by atoms with E-state index in [4.69, 9.17) is 16.3 Å². The van der Waals surface area contributed by atoms with Crippen LogP contribution in [-0.2, 0) is 9.59 Å². The van der Waals surface area contributed by atoms with Crippen LogP contribution in [0.15, 0.2) is 48.5 Å². The molecule has 7 heteroatoms. The molecule has 0 spiro atoms. The van der Waals surface area contributed by atoms with Crippen LogP contribution in [0.5, 0.6) is 5.75 Å². The summed E-state index contributed by atoms with van der Waals surface area (Å²) in [5.74, 6) is 0.00959. The maximum atomic E-state index is 12.2. The molecular formula is C17H16BrClN2O3. The zero-order chi connectivity index (χ0) is 17.5. The second-order valence-electron chi connectivity index (χ2n) is 4.94. The van der Waals surface area contributed by atoms with E-state index in [1.807, 2.05) is 0 Å². The van der Waals surface area contributed by atoms with Crippen LogP contribution < -0.4 is 15.4 Å². The number of nitrogens with one attached hydrogen (secondary N) is 2. The van der Waals surface area contributed by atoms with E-state index in [-0.39, 0.29) is 17.1 Å². The molecule has 2 aromatic rings. The largest absolute Gasteiger partial charge is 0.479 e. The Hall–Kier alpha value is -2.05. The van der Waals surface area contributed by atoms with E-state index in [1.165, 1.54) is 0 Å². The maximum Gasteiger partial charge on any atom is 0.265 e. The number of alkyl halides is 1. The number of hydrogen-bond acceptors (Lipinski definition) is 3. The lowest BCUT2D eigenvalue weighted by molar-refractivity contribution is -0.122. The van der Waals surface area contributed by atoms with Gasteiger partial charge in [-0.05, 0) is 43.3 Å². The summed E-state index contributed by atoms with van der Waals surface area (Å²) in [6.07, 6.45) is -0.710. The van der Waals surface area contributed by atoms with E-state index in [9.17, 15) is 9.59 Å². The smallest absolute Gasteiger partial charge is 0.265 e. The summed E-state index contributed by atoms with van der Waals surface area (Å²) in [4.78, 5) is 23.5. The molecule has 0 radical (unpaired) electrons. The number of ether oxygens (including phenoxy) is 1. The van der Waals surface area contributed by atoms with Crippen LogP contribution in [0.25, 0.3) is 0 Å². The predicted molar refractivity (Wildman–Crippen MR) is 99.0 cm³/mol. The van der Waals surface area contributed by atoms with Crippen LogP contribution in [0.1, 0.15) is 6.92 Å². The summed E-state index contributed by atoms with van der Waals surface area (Å²) < 4.78 is 5.56. The van der Waals surface area contributed by atoms with Crippen molar-refractivity contribution in [2.24, 2.45) is 0 Å². The SMILES string of the molecule is C[C@H](Oc1ccccc1Cl)C(=O)Nc1ccc(NC(=O)CBr)cc1. The Morgan fingerprint density at radius 1 is 1.08 bits per heavy atom. The van der Waals surface area contributed by atoms with Crippen molar-refractivity contribution in [1.29, 1.82) is 0 Å². The minimum Gasteiger partial charge on any atom is -0.479 e. The van der Waals surface area contributed by atoms with Crippen LogP contribution in [0.4, 0.5) is 11.4 Å².